The van der Waals surface area contributed by atoms with E-state index in [0.717, 1.165) is 5.34 Å². The van der Waals surface area contributed by atoms with Gasteiger partial charge >= 0.3 is 35.3 Å². The fourth-order valence-corrected chi connectivity index (χ4v) is 0.0722. The molecule has 0 aromatic carbocycles. The Balaban J connectivity index is -0.0000000501. The number of rotatable bonds is 2. The molecule has 0 atom stereocenters. The van der Waals surface area contributed by atoms with E-state index in [1.165, 1.54) is 0 Å². The van der Waals surface area contributed by atoms with Crippen molar-refractivity contribution in [3.8, 4) is 0 Å². The molecule has 0 aromatic rings. The molecule has 0 aliphatic rings. The van der Waals surface area contributed by atoms with Crippen LogP contribution in [0.3, 0.4) is 0 Å². The third kappa shape index (κ3) is 67.5. The van der Waals surface area contributed by atoms with Gasteiger partial charge in [-0.05, 0) is 0 Å². The van der Waals surface area contributed by atoms with Crippen LogP contribution in [0.2, 0.25) is 0 Å². The van der Waals surface area contributed by atoms with Gasteiger partial charge in [-0.1, -0.05) is 0 Å². The van der Waals surface area contributed by atoms with Gasteiger partial charge in [-0.15, -0.1) is 18.4 Å². The van der Waals surface area contributed by atoms with Gasteiger partial charge in [-0.25, -0.2) is 0 Å². The number of nitrogens with zero attached hydrogens (tertiary/aromatic N) is 1. The van der Waals surface area contributed by atoms with Crippen LogP contribution in [0.5, 0.6) is 0 Å². The molecule has 0 aliphatic heterocycles. The summed E-state index contributed by atoms with van der Waals surface area (Å²) < 4.78 is 0. The predicted octanol–water partition coefficient (Wildman–Crippen LogP) is 2.53. The Kier molecular flexibility index (Phi) is 52.9. The summed E-state index contributed by atoms with van der Waals surface area (Å²) in [5.74, 6) is 0. The van der Waals surface area contributed by atoms with Crippen LogP contribution >= 0.6 is 18.8 Å². The van der Waals surface area contributed by atoms with Gasteiger partial charge in [0.1, 0.15) is 0 Å². The van der Waals surface area contributed by atoms with Crippen LogP contribution in [0.1, 0.15) is 0 Å². The average Bonchev–Trinajstić information content (AvgIpc) is 2.06. The predicted molar refractivity (Wildman–Crippen MR) is 51.7 cm³/mol. The molecule has 88 valence electrons. The maximum Gasteiger partial charge on any atom is 0.0162 e. The quantitative estimate of drug-likeness (QED) is 0.424. The fourth-order valence-electron chi connectivity index (χ4n) is 0.0722. The second-order valence-electron chi connectivity index (χ2n) is 1.18. The second-order valence-corrected chi connectivity index (χ2v) is 4.46. The molecule has 0 rings (SSSR count). The molecule has 0 radical (unpaired) electrons. The molecular formula is C4H11Cl2N3O3Pt-4. The Morgan fingerprint density at radius 3 is 1.62 bits per heavy atom. The van der Waals surface area contributed by atoms with E-state index in [1.807, 2.05) is 0 Å². The number of aliphatic hydroxyl groups excluding tert-OH is 1. The van der Waals surface area contributed by atoms with E-state index >= 15 is 0 Å². The van der Waals surface area contributed by atoms with Crippen molar-refractivity contribution < 1.29 is 21.6 Å². The Morgan fingerprint density at radius 2 is 1.62 bits per heavy atom. The molecule has 3 N–H and O–H groups in total. The summed E-state index contributed by atoms with van der Waals surface area (Å²) in [4.78, 5) is 8.00. The minimum absolute atomic E-state index is 0. The SMILES string of the molecule is O=N[O-].[CH3-].[Cl][Pt][Cl].[NH-]CC(O)C[NH-]. The monoisotopic (exact) mass is 414 g/mol. The molecule has 9 heteroatoms. The van der Waals surface area contributed by atoms with Crippen LogP contribution in [-0.4, -0.2) is 24.3 Å². The molecule has 0 spiro atoms. The van der Waals surface area contributed by atoms with Crippen LogP contribution in [0.15, 0.2) is 5.34 Å². The first-order valence-corrected chi connectivity index (χ1v) is 8.02. The van der Waals surface area contributed by atoms with E-state index in [4.69, 9.17) is 45.5 Å². The Bertz CT molecular complexity index is 79.7. The van der Waals surface area contributed by atoms with Crippen LogP contribution in [-0.2, 0) is 16.5 Å². The minimum Gasteiger partial charge on any atom is -0.675 e. The van der Waals surface area contributed by atoms with Gasteiger partial charge in [0.15, 0.2) is 0 Å². The van der Waals surface area contributed by atoms with Gasteiger partial charge in [0.05, 0.1) is 0 Å². The van der Waals surface area contributed by atoms with Gasteiger partial charge in [0, 0.05) is 6.10 Å². The summed E-state index contributed by atoms with van der Waals surface area (Å²) in [5, 5.41) is 17.3. The van der Waals surface area contributed by atoms with Crippen molar-refractivity contribution in [2.45, 2.75) is 6.10 Å². The zero-order valence-corrected chi connectivity index (χ0v) is 10.6. The molecule has 0 saturated heterocycles. The molecule has 0 amide bonds. The summed E-state index contributed by atoms with van der Waals surface area (Å²) in [6, 6.07) is 0. The zero-order valence-electron chi connectivity index (χ0n) is 6.77. The second kappa shape index (κ2) is 29.4. The summed E-state index contributed by atoms with van der Waals surface area (Å²) in [5.41, 5.74) is 12.9. The van der Waals surface area contributed by atoms with E-state index in [9.17, 15) is 0 Å². The summed E-state index contributed by atoms with van der Waals surface area (Å²) in [6.45, 7) is -0.104. The van der Waals surface area contributed by atoms with Crippen LogP contribution in [0, 0.1) is 17.5 Å². The summed E-state index contributed by atoms with van der Waals surface area (Å²) in [7, 11) is 9.75. The third-order valence-electron chi connectivity index (χ3n) is 0.471. The van der Waals surface area contributed by atoms with E-state index in [2.05, 4.69) is 0 Å². The smallest absolute Gasteiger partial charge is 0.0162 e. The van der Waals surface area contributed by atoms with Crippen molar-refractivity contribution in [2.24, 2.45) is 5.34 Å². The van der Waals surface area contributed by atoms with Crippen molar-refractivity contribution in [1.29, 1.82) is 0 Å². The number of aliphatic hydroxyl groups is 1. The standard InChI is InChI=1S/C3H8N2O.CH3.2ClH.HNO2.Pt/c4-1-3(6)2-5;;;;2-1-3;/h3-6H,1-2H2;1H3;2*1H;(H,2,3);/q-2;-1;;;;+2/p-3. The first kappa shape index (κ1) is 23.4. The van der Waals surface area contributed by atoms with E-state index < -0.39 is 22.6 Å². The largest absolute Gasteiger partial charge is 0.675 e. The Hall–Kier alpha value is 0.548. The molecule has 0 heterocycles. The molecule has 13 heavy (non-hydrogen) atoms. The van der Waals surface area contributed by atoms with Gasteiger partial charge in [-0.3, -0.25) is 0 Å². The molecule has 0 saturated carbocycles. The molecule has 6 nitrogen and oxygen atoms in total. The number of halogens is 2. The van der Waals surface area contributed by atoms with Gasteiger partial charge in [0.25, 0.3) is 0 Å². The fraction of sp³-hybridized carbons (Fsp3) is 0.750. The zero-order chi connectivity index (χ0) is 10.4. The molecule has 0 unspecified atom stereocenters. The third-order valence-corrected chi connectivity index (χ3v) is 0.471. The molecular weight excluding hydrogens is 404 g/mol. The maximum absolute atomic E-state index is 8.29. The molecule has 0 bridgehead atoms. The van der Waals surface area contributed by atoms with E-state index in [-0.39, 0.29) is 20.5 Å². The normalized spacial score (nSPS) is 7.23. The molecule has 0 aromatic heterocycles. The first-order chi connectivity index (χ1) is 5.64. The summed E-state index contributed by atoms with van der Waals surface area (Å²) in [6.07, 6.45) is -0.731. The molecule has 0 aliphatic carbocycles. The topological polar surface area (TPSA) is 120 Å². The van der Waals surface area contributed by atoms with Crippen LogP contribution in [0.25, 0.3) is 11.5 Å². The number of nitrogens with one attached hydrogen (secondary N) is 2. The van der Waals surface area contributed by atoms with Crippen LogP contribution in [0.4, 0.5) is 0 Å². The first-order valence-electron chi connectivity index (χ1n) is 2.39. The van der Waals surface area contributed by atoms with Crippen molar-refractivity contribution in [3.63, 3.8) is 0 Å². The van der Waals surface area contributed by atoms with Crippen LogP contribution < -0.4 is 0 Å². The van der Waals surface area contributed by atoms with Gasteiger partial charge in [-0.2, -0.15) is 0 Å². The van der Waals surface area contributed by atoms with Gasteiger partial charge < -0.3 is 34.1 Å². The Morgan fingerprint density at radius 1 is 1.46 bits per heavy atom. The van der Waals surface area contributed by atoms with E-state index in [0.29, 0.717) is 0 Å². The van der Waals surface area contributed by atoms with Gasteiger partial charge in [0.2, 0.25) is 0 Å². The minimum atomic E-state index is -0.731. The summed E-state index contributed by atoms with van der Waals surface area (Å²) >= 11 is -0.472. The van der Waals surface area contributed by atoms with Crippen molar-refractivity contribution >= 4 is 18.8 Å². The Labute approximate surface area is 93.9 Å². The maximum atomic E-state index is 8.29. The number of hydrogen-bond donors (Lipinski definition) is 1. The van der Waals surface area contributed by atoms with E-state index in [1.54, 1.807) is 0 Å². The molecule has 0 fully saturated rings. The number of hydrogen-bond acceptors (Lipinski definition) is 4. The van der Waals surface area contributed by atoms with Crippen molar-refractivity contribution in [3.05, 3.63) is 29.0 Å². The van der Waals surface area contributed by atoms with Crippen molar-refractivity contribution in [1.82, 2.24) is 0 Å². The average molecular weight is 415 g/mol. The van der Waals surface area contributed by atoms with Crippen molar-refractivity contribution in [2.75, 3.05) is 13.1 Å².